The molecule has 0 aliphatic heterocycles. The Bertz CT molecular complexity index is 722. The van der Waals surface area contributed by atoms with Crippen LogP contribution in [0.1, 0.15) is 15.9 Å². The number of carbonyl (C=O) groups excluding carboxylic acids is 1. The molecule has 0 fully saturated rings. The van der Waals surface area contributed by atoms with Gasteiger partial charge in [0.2, 0.25) is 0 Å². The highest BCUT2D eigenvalue weighted by Crippen LogP contribution is 2.19. The molecule has 0 radical (unpaired) electrons. The minimum Gasteiger partial charge on any atom is -0.321 e. The van der Waals surface area contributed by atoms with E-state index in [1.807, 2.05) is 30.3 Å². The van der Waals surface area contributed by atoms with E-state index in [9.17, 15) is 4.79 Å². The van der Waals surface area contributed by atoms with Gasteiger partial charge in [-0.2, -0.15) is 5.26 Å². The first-order valence-electron chi connectivity index (χ1n) is 6.72. The smallest absolute Gasteiger partial charge is 0.257 e. The fraction of sp³-hybridized carbons (Fsp3) is 0.118. The quantitative estimate of drug-likeness (QED) is 0.886. The maximum Gasteiger partial charge on any atom is 0.257 e. The first-order valence-corrected chi connectivity index (χ1v) is 7.13. The van der Waals surface area contributed by atoms with Gasteiger partial charge in [-0.1, -0.05) is 36.4 Å². The zero-order valence-corrected chi connectivity index (χ0v) is 12.9. The second-order valence-electron chi connectivity index (χ2n) is 4.65. The molecule has 2 aromatic rings. The first-order chi connectivity index (χ1) is 10.6. The van der Waals surface area contributed by atoms with Crippen molar-refractivity contribution < 1.29 is 4.79 Å². The molecule has 0 saturated carbocycles. The van der Waals surface area contributed by atoms with Crippen LogP contribution in [0.3, 0.4) is 0 Å². The normalized spacial score (nSPS) is 9.64. The summed E-state index contributed by atoms with van der Waals surface area (Å²) in [5.41, 5.74) is 2.22. The molecule has 0 bridgehead atoms. The lowest BCUT2D eigenvalue weighted by molar-refractivity contribution is 0.0977. The van der Waals surface area contributed by atoms with Crippen LogP contribution in [0.5, 0.6) is 0 Å². The molecule has 110 valence electrons. The number of carbonyl (C=O) groups is 1. The molecule has 1 N–H and O–H groups in total. The van der Waals surface area contributed by atoms with E-state index >= 15 is 0 Å². The molecule has 1 amide bonds. The summed E-state index contributed by atoms with van der Waals surface area (Å²) >= 11 is 5.29. The molecule has 22 heavy (non-hydrogen) atoms. The number of nitrogens with zero attached hydrogens (tertiary/aromatic N) is 2. The minimum absolute atomic E-state index is 0.254. The molecule has 2 aromatic carbocycles. The third-order valence-corrected chi connectivity index (χ3v) is 3.56. The monoisotopic (exact) mass is 309 g/mol. The van der Waals surface area contributed by atoms with Gasteiger partial charge in [0, 0.05) is 18.3 Å². The number of para-hydroxylation sites is 1. The van der Waals surface area contributed by atoms with Crippen LogP contribution in [0.25, 0.3) is 0 Å². The summed E-state index contributed by atoms with van der Waals surface area (Å²) < 4.78 is 0. The van der Waals surface area contributed by atoms with Crippen LogP contribution in [0.2, 0.25) is 0 Å². The molecule has 0 aliphatic carbocycles. The number of nitriles is 1. The van der Waals surface area contributed by atoms with Crippen LogP contribution in [-0.2, 0) is 6.42 Å². The fourth-order valence-electron chi connectivity index (χ4n) is 2.02. The average molecular weight is 309 g/mol. The topological polar surface area (TPSA) is 56.1 Å². The number of amides is 1. The number of nitrogens with one attached hydrogen (secondary N) is 1. The van der Waals surface area contributed by atoms with Crippen molar-refractivity contribution >= 4 is 28.9 Å². The Morgan fingerprint density at radius 3 is 2.50 bits per heavy atom. The van der Waals surface area contributed by atoms with Gasteiger partial charge < -0.3 is 4.90 Å². The van der Waals surface area contributed by atoms with E-state index in [0.29, 0.717) is 10.7 Å². The van der Waals surface area contributed by atoms with Crippen molar-refractivity contribution in [2.75, 3.05) is 11.9 Å². The van der Waals surface area contributed by atoms with Gasteiger partial charge in [0.05, 0.1) is 12.5 Å². The average Bonchev–Trinajstić information content (AvgIpc) is 2.55. The summed E-state index contributed by atoms with van der Waals surface area (Å²) in [6.45, 7) is 0. The highest BCUT2D eigenvalue weighted by Gasteiger charge is 2.14. The van der Waals surface area contributed by atoms with Crippen LogP contribution >= 0.6 is 12.2 Å². The van der Waals surface area contributed by atoms with Gasteiger partial charge in [0.1, 0.15) is 0 Å². The number of benzene rings is 2. The summed E-state index contributed by atoms with van der Waals surface area (Å²) in [6, 6.07) is 18.5. The van der Waals surface area contributed by atoms with Crippen molar-refractivity contribution in [2.24, 2.45) is 0 Å². The van der Waals surface area contributed by atoms with E-state index in [0.717, 1.165) is 11.3 Å². The molecule has 0 aliphatic rings. The molecule has 0 heterocycles. The molecule has 0 atom stereocenters. The highest BCUT2D eigenvalue weighted by atomic mass is 32.1. The standard InChI is InChI=1S/C17H15N3OS/c1-20(15-10-6-5-7-13(15)11-12-18)17(22)19-16(21)14-8-3-2-4-9-14/h2-10H,11H2,1H3,(H,19,21,22). The van der Waals surface area contributed by atoms with Gasteiger partial charge in [-0.3, -0.25) is 10.1 Å². The predicted molar refractivity (Wildman–Crippen MR) is 90.7 cm³/mol. The van der Waals surface area contributed by atoms with E-state index in [-0.39, 0.29) is 12.3 Å². The van der Waals surface area contributed by atoms with Gasteiger partial charge in [0.25, 0.3) is 5.91 Å². The number of rotatable bonds is 3. The van der Waals surface area contributed by atoms with Gasteiger partial charge in [-0.25, -0.2) is 0 Å². The molecule has 2 rings (SSSR count). The Balaban J connectivity index is 2.13. The molecule has 0 aromatic heterocycles. The lowest BCUT2D eigenvalue weighted by atomic mass is 10.1. The van der Waals surface area contributed by atoms with Crippen molar-refractivity contribution in [3.63, 3.8) is 0 Å². The third-order valence-electron chi connectivity index (χ3n) is 3.18. The fourth-order valence-corrected chi connectivity index (χ4v) is 2.22. The van der Waals surface area contributed by atoms with Crippen LogP contribution in [0.4, 0.5) is 5.69 Å². The Kier molecular flexibility index (Phi) is 5.23. The van der Waals surface area contributed by atoms with Crippen LogP contribution in [0, 0.1) is 11.3 Å². The second kappa shape index (κ2) is 7.34. The maximum atomic E-state index is 12.1. The summed E-state index contributed by atoms with van der Waals surface area (Å²) in [7, 11) is 1.77. The van der Waals surface area contributed by atoms with Crippen molar-refractivity contribution in [1.82, 2.24) is 5.32 Å². The van der Waals surface area contributed by atoms with E-state index in [1.54, 1.807) is 36.2 Å². The lowest BCUT2D eigenvalue weighted by Gasteiger charge is -2.22. The zero-order chi connectivity index (χ0) is 15.9. The van der Waals surface area contributed by atoms with Crippen LogP contribution in [-0.4, -0.2) is 18.1 Å². The van der Waals surface area contributed by atoms with E-state index in [2.05, 4.69) is 11.4 Å². The van der Waals surface area contributed by atoms with Crippen LogP contribution in [0.15, 0.2) is 54.6 Å². The number of hydrogen-bond donors (Lipinski definition) is 1. The molecule has 0 unspecified atom stereocenters. The second-order valence-corrected chi connectivity index (χ2v) is 5.03. The SMILES string of the molecule is CN(C(=S)NC(=O)c1ccccc1)c1ccccc1CC#N. The van der Waals surface area contributed by atoms with Crippen molar-refractivity contribution in [1.29, 1.82) is 5.26 Å². The molecule has 0 saturated heterocycles. The Morgan fingerprint density at radius 2 is 1.82 bits per heavy atom. The van der Waals surface area contributed by atoms with Crippen LogP contribution < -0.4 is 10.2 Å². The molecule has 0 spiro atoms. The Hall–Kier alpha value is -2.71. The molecule has 5 heteroatoms. The summed E-state index contributed by atoms with van der Waals surface area (Å²) in [5.74, 6) is -0.254. The molecular weight excluding hydrogens is 294 g/mol. The van der Waals surface area contributed by atoms with E-state index in [4.69, 9.17) is 17.5 Å². The predicted octanol–water partition coefficient (Wildman–Crippen LogP) is 2.90. The molecular formula is C17H15N3OS. The molecule has 4 nitrogen and oxygen atoms in total. The summed E-state index contributed by atoms with van der Waals surface area (Å²) in [4.78, 5) is 13.8. The number of anilines is 1. The lowest BCUT2D eigenvalue weighted by Crippen LogP contribution is -2.41. The maximum absolute atomic E-state index is 12.1. The van der Waals surface area contributed by atoms with Gasteiger partial charge >= 0.3 is 0 Å². The largest absolute Gasteiger partial charge is 0.321 e. The van der Waals surface area contributed by atoms with E-state index in [1.165, 1.54) is 0 Å². The number of hydrogen-bond acceptors (Lipinski definition) is 3. The van der Waals surface area contributed by atoms with Crippen molar-refractivity contribution in [3.05, 3.63) is 65.7 Å². The highest BCUT2D eigenvalue weighted by molar-refractivity contribution is 7.80. The zero-order valence-electron chi connectivity index (χ0n) is 12.1. The Labute approximate surface area is 135 Å². The Morgan fingerprint density at radius 1 is 1.18 bits per heavy atom. The summed E-state index contributed by atoms with van der Waals surface area (Å²) in [6.07, 6.45) is 0.287. The van der Waals surface area contributed by atoms with E-state index < -0.39 is 0 Å². The van der Waals surface area contributed by atoms with Gasteiger partial charge in [-0.05, 0) is 36.0 Å². The van der Waals surface area contributed by atoms with Gasteiger partial charge in [0.15, 0.2) is 5.11 Å². The first kappa shape index (κ1) is 15.7. The third kappa shape index (κ3) is 3.68. The van der Waals surface area contributed by atoms with Gasteiger partial charge in [-0.15, -0.1) is 0 Å². The van der Waals surface area contributed by atoms with Crippen molar-refractivity contribution in [3.8, 4) is 6.07 Å². The summed E-state index contributed by atoms with van der Waals surface area (Å²) in [5, 5.41) is 11.9. The minimum atomic E-state index is -0.254. The van der Waals surface area contributed by atoms with Crippen molar-refractivity contribution in [2.45, 2.75) is 6.42 Å². The number of thiocarbonyl (C=S) groups is 1.